The third kappa shape index (κ3) is 3.43. The van der Waals surface area contributed by atoms with Gasteiger partial charge in [0, 0.05) is 17.3 Å². The molecule has 0 spiro atoms. The second-order valence-corrected chi connectivity index (χ2v) is 6.96. The second-order valence-electron chi connectivity index (χ2n) is 6.96. The predicted octanol–water partition coefficient (Wildman–Crippen LogP) is 4.73. The smallest absolute Gasteiger partial charge is 0.259 e. The largest absolute Gasteiger partial charge is 0.480 e. The van der Waals surface area contributed by atoms with Crippen molar-refractivity contribution in [1.82, 2.24) is 4.98 Å². The number of para-hydroxylation sites is 1. The molecule has 4 aromatic rings. The highest BCUT2D eigenvalue weighted by molar-refractivity contribution is 6.11. The zero-order chi connectivity index (χ0) is 21.3. The van der Waals surface area contributed by atoms with Crippen LogP contribution in [-0.2, 0) is 0 Å². The van der Waals surface area contributed by atoms with Crippen molar-refractivity contribution in [1.29, 1.82) is 0 Å². The highest BCUT2D eigenvalue weighted by Crippen LogP contribution is 2.28. The number of hydrogen-bond acceptors (Lipinski definition) is 5. The lowest BCUT2D eigenvalue weighted by Crippen LogP contribution is -2.15. The fourth-order valence-electron chi connectivity index (χ4n) is 3.35. The van der Waals surface area contributed by atoms with E-state index in [1.165, 1.54) is 7.11 Å². The van der Waals surface area contributed by atoms with Gasteiger partial charge in [0.2, 0.25) is 5.88 Å². The standard InChI is InChI=1S/C24H20N2O4/c1-14-12-19(24(29-3)25-13-14)26-23(28)18-11-7-10-17-20(27)15(2)21(30-22(17)18)16-8-5-4-6-9-16/h4-13H,1-3H3,(H,26,28). The summed E-state index contributed by atoms with van der Waals surface area (Å²) in [5.41, 5.74) is 2.91. The Balaban J connectivity index is 1.86. The topological polar surface area (TPSA) is 81.4 Å². The van der Waals surface area contributed by atoms with Gasteiger partial charge in [0.05, 0.1) is 18.1 Å². The normalized spacial score (nSPS) is 10.8. The van der Waals surface area contributed by atoms with E-state index in [1.807, 2.05) is 37.3 Å². The van der Waals surface area contributed by atoms with Crippen LogP contribution in [0, 0.1) is 13.8 Å². The average molecular weight is 400 g/mol. The molecule has 0 saturated carbocycles. The van der Waals surface area contributed by atoms with Gasteiger partial charge < -0.3 is 14.5 Å². The van der Waals surface area contributed by atoms with Crippen LogP contribution in [0.1, 0.15) is 21.5 Å². The zero-order valence-corrected chi connectivity index (χ0v) is 16.9. The van der Waals surface area contributed by atoms with E-state index in [0.29, 0.717) is 28.3 Å². The number of aryl methyl sites for hydroxylation is 1. The van der Waals surface area contributed by atoms with Gasteiger partial charge in [0.1, 0.15) is 11.4 Å². The quantitative estimate of drug-likeness (QED) is 0.535. The molecule has 0 aliphatic heterocycles. The molecule has 6 nitrogen and oxygen atoms in total. The molecule has 0 aliphatic rings. The van der Waals surface area contributed by atoms with Gasteiger partial charge in [-0.05, 0) is 37.6 Å². The van der Waals surface area contributed by atoms with Crippen LogP contribution in [0.4, 0.5) is 5.69 Å². The lowest BCUT2D eigenvalue weighted by molar-refractivity contribution is 0.102. The Hall–Kier alpha value is -3.93. The van der Waals surface area contributed by atoms with E-state index >= 15 is 0 Å². The second kappa shape index (κ2) is 7.83. The summed E-state index contributed by atoms with van der Waals surface area (Å²) in [6.45, 7) is 3.59. The first kappa shape index (κ1) is 19.4. The molecule has 0 radical (unpaired) electrons. The molecule has 0 fully saturated rings. The Kier molecular flexibility index (Phi) is 5.06. The van der Waals surface area contributed by atoms with Crippen LogP contribution < -0.4 is 15.5 Å². The van der Waals surface area contributed by atoms with Crippen LogP contribution in [-0.4, -0.2) is 18.0 Å². The van der Waals surface area contributed by atoms with Gasteiger partial charge in [-0.25, -0.2) is 4.98 Å². The first-order valence-electron chi connectivity index (χ1n) is 9.43. The van der Waals surface area contributed by atoms with Gasteiger partial charge in [-0.2, -0.15) is 0 Å². The Morgan fingerprint density at radius 3 is 2.57 bits per heavy atom. The molecule has 150 valence electrons. The summed E-state index contributed by atoms with van der Waals surface area (Å²) in [6.07, 6.45) is 1.65. The molecular formula is C24H20N2O4. The highest BCUT2D eigenvalue weighted by atomic mass is 16.5. The number of carbonyl (C=O) groups is 1. The first-order valence-corrected chi connectivity index (χ1v) is 9.43. The monoisotopic (exact) mass is 400 g/mol. The van der Waals surface area contributed by atoms with E-state index in [9.17, 15) is 9.59 Å². The lowest BCUT2D eigenvalue weighted by Gasteiger charge is -2.12. The van der Waals surface area contributed by atoms with Gasteiger partial charge in [-0.3, -0.25) is 9.59 Å². The highest BCUT2D eigenvalue weighted by Gasteiger charge is 2.19. The summed E-state index contributed by atoms with van der Waals surface area (Å²) in [4.78, 5) is 30.2. The molecule has 6 heteroatoms. The van der Waals surface area contributed by atoms with Crippen LogP contribution in [0.2, 0.25) is 0 Å². The Labute approximate surface area is 173 Å². The van der Waals surface area contributed by atoms with Gasteiger partial charge in [0.25, 0.3) is 5.91 Å². The van der Waals surface area contributed by atoms with Gasteiger partial charge >= 0.3 is 0 Å². The molecule has 2 aromatic carbocycles. The SMILES string of the molecule is COc1ncc(C)cc1NC(=O)c1cccc2c(=O)c(C)c(-c3ccccc3)oc12. The molecule has 1 amide bonds. The summed E-state index contributed by atoms with van der Waals surface area (Å²) in [7, 11) is 1.49. The maximum atomic E-state index is 13.1. The summed E-state index contributed by atoms with van der Waals surface area (Å²) < 4.78 is 11.4. The van der Waals surface area contributed by atoms with Crippen LogP contribution in [0.15, 0.2) is 70.0 Å². The fraction of sp³-hybridized carbons (Fsp3) is 0.125. The minimum Gasteiger partial charge on any atom is -0.480 e. The van der Waals surface area contributed by atoms with E-state index in [-0.39, 0.29) is 16.6 Å². The molecule has 30 heavy (non-hydrogen) atoms. The number of nitrogens with one attached hydrogen (secondary N) is 1. The van der Waals surface area contributed by atoms with E-state index in [1.54, 1.807) is 37.4 Å². The van der Waals surface area contributed by atoms with E-state index < -0.39 is 5.91 Å². The predicted molar refractivity (Wildman–Crippen MR) is 116 cm³/mol. The van der Waals surface area contributed by atoms with Gasteiger partial charge in [-0.1, -0.05) is 36.4 Å². The molecular weight excluding hydrogens is 380 g/mol. The molecule has 2 heterocycles. The number of carbonyl (C=O) groups excluding carboxylic acids is 1. The Bertz CT molecular complexity index is 1310. The molecule has 0 aliphatic carbocycles. The van der Waals surface area contributed by atoms with Gasteiger partial charge in [0.15, 0.2) is 11.0 Å². The minimum atomic E-state index is -0.419. The number of fused-ring (bicyclic) bond motifs is 1. The first-order chi connectivity index (χ1) is 14.5. The molecule has 4 rings (SSSR count). The van der Waals surface area contributed by atoms with Crippen molar-refractivity contribution < 1.29 is 13.9 Å². The number of amides is 1. The number of benzene rings is 2. The number of ether oxygens (including phenoxy) is 1. The Morgan fingerprint density at radius 2 is 1.83 bits per heavy atom. The van der Waals surface area contributed by atoms with Crippen molar-refractivity contribution in [3.8, 4) is 17.2 Å². The lowest BCUT2D eigenvalue weighted by atomic mass is 10.0. The maximum absolute atomic E-state index is 13.1. The summed E-state index contributed by atoms with van der Waals surface area (Å²) >= 11 is 0. The van der Waals surface area contributed by atoms with E-state index in [4.69, 9.17) is 9.15 Å². The number of pyridine rings is 1. The van der Waals surface area contributed by atoms with Crippen LogP contribution >= 0.6 is 0 Å². The van der Waals surface area contributed by atoms with Crippen LogP contribution in [0.5, 0.6) is 5.88 Å². The molecule has 0 unspecified atom stereocenters. The number of aromatic nitrogens is 1. The zero-order valence-electron chi connectivity index (χ0n) is 16.9. The number of anilines is 1. The van der Waals surface area contributed by atoms with Crippen molar-refractivity contribution in [3.63, 3.8) is 0 Å². The Morgan fingerprint density at radius 1 is 1.07 bits per heavy atom. The third-order valence-corrected chi connectivity index (χ3v) is 4.85. The molecule has 0 atom stereocenters. The number of hydrogen-bond donors (Lipinski definition) is 1. The van der Waals surface area contributed by atoms with Gasteiger partial charge in [-0.15, -0.1) is 0 Å². The van der Waals surface area contributed by atoms with Crippen LogP contribution in [0.25, 0.3) is 22.3 Å². The van der Waals surface area contributed by atoms with E-state index in [0.717, 1.165) is 11.1 Å². The fourth-order valence-corrected chi connectivity index (χ4v) is 3.35. The summed E-state index contributed by atoms with van der Waals surface area (Å²) in [6, 6.07) is 16.1. The van der Waals surface area contributed by atoms with E-state index in [2.05, 4.69) is 10.3 Å². The van der Waals surface area contributed by atoms with Crippen molar-refractivity contribution in [2.45, 2.75) is 13.8 Å². The summed E-state index contributed by atoms with van der Waals surface area (Å²) in [5, 5.41) is 3.17. The van der Waals surface area contributed by atoms with Crippen molar-refractivity contribution >= 4 is 22.6 Å². The number of rotatable bonds is 4. The molecule has 1 N–H and O–H groups in total. The molecule has 0 saturated heterocycles. The average Bonchev–Trinajstić information content (AvgIpc) is 2.76. The van der Waals surface area contributed by atoms with Crippen molar-refractivity contribution in [2.24, 2.45) is 0 Å². The van der Waals surface area contributed by atoms with Crippen LogP contribution in [0.3, 0.4) is 0 Å². The molecule has 0 bridgehead atoms. The minimum absolute atomic E-state index is 0.167. The number of nitrogens with zero attached hydrogens (tertiary/aromatic N) is 1. The third-order valence-electron chi connectivity index (χ3n) is 4.85. The molecule has 2 aromatic heterocycles. The number of methoxy groups -OCH3 is 1. The maximum Gasteiger partial charge on any atom is 0.259 e. The van der Waals surface area contributed by atoms with Crippen molar-refractivity contribution in [2.75, 3.05) is 12.4 Å². The summed E-state index contributed by atoms with van der Waals surface area (Å²) in [5.74, 6) is 0.330. The van der Waals surface area contributed by atoms with Crippen molar-refractivity contribution in [3.05, 3.63) is 87.7 Å².